The Morgan fingerprint density at radius 1 is 1.10 bits per heavy atom. The molecule has 5 heteroatoms. The zero-order valence-corrected chi connectivity index (χ0v) is 12.7. The Bertz CT molecular complexity index is 658. The van der Waals surface area contributed by atoms with Gasteiger partial charge in [0.2, 0.25) is 0 Å². The molecule has 21 heavy (non-hydrogen) atoms. The summed E-state index contributed by atoms with van der Waals surface area (Å²) < 4.78 is 24.3. The average Bonchev–Trinajstić information content (AvgIpc) is 2.49. The fourth-order valence-corrected chi connectivity index (χ4v) is 2.36. The topological polar surface area (TPSA) is 38.7 Å². The van der Waals surface area contributed by atoms with Gasteiger partial charge in [-0.3, -0.25) is 0 Å². The molecule has 0 saturated heterocycles. The first-order valence-electron chi connectivity index (χ1n) is 6.34. The van der Waals surface area contributed by atoms with Crippen LogP contribution >= 0.6 is 11.6 Å². The zero-order valence-electron chi connectivity index (χ0n) is 12.0. The summed E-state index contributed by atoms with van der Waals surface area (Å²) in [5, 5.41) is 10.9. The van der Waals surface area contributed by atoms with Gasteiger partial charge in [0.25, 0.3) is 0 Å². The van der Waals surface area contributed by atoms with E-state index >= 15 is 0 Å². The lowest BCUT2D eigenvalue weighted by Gasteiger charge is -2.17. The molecule has 2 rings (SSSR count). The van der Waals surface area contributed by atoms with Crippen molar-refractivity contribution in [1.29, 1.82) is 0 Å². The second kappa shape index (κ2) is 6.33. The molecule has 2 aromatic rings. The van der Waals surface area contributed by atoms with Crippen molar-refractivity contribution in [2.75, 3.05) is 14.2 Å². The van der Waals surface area contributed by atoms with E-state index in [-0.39, 0.29) is 11.3 Å². The van der Waals surface area contributed by atoms with Crippen molar-refractivity contribution in [1.82, 2.24) is 0 Å². The number of methoxy groups -OCH3 is 2. The number of benzene rings is 2. The Morgan fingerprint density at radius 3 is 2.33 bits per heavy atom. The predicted molar refractivity (Wildman–Crippen MR) is 79.8 cm³/mol. The van der Waals surface area contributed by atoms with Gasteiger partial charge >= 0.3 is 0 Å². The second-order valence-electron chi connectivity index (χ2n) is 4.61. The van der Waals surface area contributed by atoms with Gasteiger partial charge in [0, 0.05) is 22.2 Å². The van der Waals surface area contributed by atoms with Crippen LogP contribution in [0, 0.1) is 12.7 Å². The van der Waals surface area contributed by atoms with Crippen molar-refractivity contribution in [3.8, 4) is 11.5 Å². The molecule has 0 bridgehead atoms. The fraction of sp³-hybridized carbons (Fsp3) is 0.250. The highest BCUT2D eigenvalue weighted by Crippen LogP contribution is 2.36. The van der Waals surface area contributed by atoms with Gasteiger partial charge in [0.15, 0.2) is 11.5 Å². The number of aliphatic hydroxyl groups excluding tert-OH is 1. The molecule has 0 aromatic heterocycles. The van der Waals surface area contributed by atoms with E-state index in [2.05, 4.69) is 0 Å². The predicted octanol–water partition coefficient (Wildman–Crippen LogP) is 3.89. The Morgan fingerprint density at radius 2 is 1.71 bits per heavy atom. The van der Waals surface area contributed by atoms with Crippen molar-refractivity contribution in [3.05, 3.63) is 57.9 Å². The maximum absolute atomic E-state index is 14.2. The molecule has 3 nitrogen and oxygen atoms in total. The number of rotatable bonds is 4. The first-order valence-corrected chi connectivity index (χ1v) is 6.71. The Kier molecular flexibility index (Phi) is 4.70. The smallest absolute Gasteiger partial charge is 0.163 e. The summed E-state index contributed by atoms with van der Waals surface area (Å²) in [7, 11) is 2.87. The number of hydrogen-bond donors (Lipinski definition) is 1. The summed E-state index contributed by atoms with van der Waals surface area (Å²) in [6.45, 7) is 1.82. The standard InChI is InChI=1S/C16H16ClFO3/c1-9-5-4-6-10(15(9)17)16(19)11-7-13(20-2)14(21-3)8-12(11)18/h4-8,16,19H,1-3H3. The molecule has 0 fully saturated rings. The third kappa shape index (κ3) is 2.96. The summed E-state index contributed by atoms with van der Waals surface area (Å²) in [6.07, 6.45) is -1.18. The number of ether oxygens (including phenoxy) is 2. The maximum Gasteiger partial charge on any atom is 0.163 e. The molecule has 0 radical (unpaired) electrons. The minimum Gasteiger partial charge on any atom is -0.493 e. The highest BCUT2D eigenvalue weighted by molar-refractivity contribution is 6.32. The van der Waals surface area contributed by atoms with Gasteiger partial charge in [-0.2, -0.15) is 0 Å². The summed E-state index contributed by atoms with van der Waals surface area (Å²) >= 11 is 6.18. The van der Waals surface area contributed by atoms with Crippen LogP contribution in [-0.2, 0) is 0 Å². The van der Waals surface area contributed by atoms with Gasteiger partial charge in [-0.1, -0.05) is 29.8 Å². The van der Waals surface area contributed by atoms with Gasteiger partial charge in [-0.05, 0) is 18.6 Å². The minimum absolute atomic E-state index is 0.0835. The van der Waals surface area contributed by atoms with Crippen LogP contribution in [0.5, 0.6) is 11.5 Å². The average molecular weight is 311 g/mol. The lowest BCUT2D eigenvalue weighted by Crippen LogP contribution is -2.05. The largest absolute Gasteiger partial charge is 0.493 e. The third-order valence-corrected chi connectivity index (χ3v) is 3.83. The van der Waals surface area contributed by atoms with Crippen molar-refractivity contribution >= 4 is 11.6 Å². The van der Waals surface area contributed by atoms with Crippen LogP contribution in [0.15, 0.2) is 30.3 Å². The van der Waals surface area contributed by atoms with Crippen LogP contribution in [0.4, 0.5) is 4.39 Å². The first kappa shape index (κ1) is 15.6. The zero-order chi connectivity index (χ0) is 15.6. The Balaban J connectivity index is 2.53. The van der Waals surface area contributed by atoms with Gasteiger partial charge in [-0.15, -0.1) is 0 Å². The highest BCUT2D eigenvalue weighted by Gasteiger charge is 2.21. The number of hydrogen-bond acceptors (Lipinski definition) is 3. The lowest BCUT2D eigenvalue weighted by atomic mass is 9.99. The van der Waals surface area contributed by atoms with Crippen LogP contribution in [0.3, 0.4) is 0 Å². The molecule has 0 amide bonds. The van der Waals surface area contributed by atoms with Crippen LogP contribution in [0.1, 0.15) is 22.8 Å². The summed E-state index contributed by atoms with van der Waals surface area (Å²) in [6, 6.07) is 7.84. The fourth-order valence-electron chi connectivity index (χ4n) is 2.13. The second-order valence-corrected chi connectivity index (χ2v) is 4.99. The van der Waals surface area contributed by atoms with E-state index < -0.39 is 11.9 Å². The van der Waals surface area contributed by atoms with Crippen molar-refractivity contribution in [2.45, 2.75) is 13.0 Å². The van der Waals surface area contributed by atoms with Crippen LogP contribution in [-0.4, -0.2) is 19.3 Å². The summed E-state index contributed by atoms with van der Waals surface area (Å²) in [4.78, 5) is 0. The van der Waals surface area contributed by atoms with E-state index in [0.717, 1.165) is 5.56 Å². The molecular weight excluding hydrogens is 295 g/mol. The lowest BCUT2D eigenvalue weighted by molar-refractivity contribution is 0.214. The first-order chi connectivity index (χ1) is 9.99. The normalized spacial score (nSPS) is 12.1. The Labute approximate surface area is 127 Å². The molecule has 1 atom stereocenters. The molecule has 0 saturated carbocycles. The quantitative estimate of drug-likeness (QED) is 0.931. The van der Waals surface area contributed by atoms with E-state index in [1.165, 1.54) is 26.4 Å². The number of aliphatic hydroxyl groups is 1. The summed E-state index contributed by atoms with van der Waals surface area (Å²) in [5.41, 5.74) is 1.34. The van der Waals surface area contributed by atoms with Crippen molar-refractivity contribution < 1.29 is 19.0 Å². The number of halogens is 2. The van der Waals surface area contributed by atoms with Crippen LogP contribution in [0.2, 0.25) is 5.02 Å². The molecule has 112 valence electrons. The molecule has 0 heterocycles. The maximum atomic E-state index is 14.2. The van der Waals surface area contributed by atoms with E-state index in [1.54, 1.807) is 12.1 Å². The molecule has 0 spiro atoms. The molecule has 0 aliphatic heterocycles. The van der Waals surface area contributed by atoms with Gasteiger partial charge in [-0.25, -0.2) is 4.39 Å². The molecular formula is C16H16ClFO3. The van der Waals surface area contributed by atoms with Crippen molar-refractivity contribution in [3.63, 3.8) is 0 Å². The van der Waals surface area contributed by atoms with E-state index in [0.29, 0.717) is 16.3 Å². The monoisotopic (exact) mass is 310 g/mol. The number of aryl methyl sites for hydroxylation is 1. The van der Waals surface area contributed by atoms with E-state index in [9.17, 15) is 9.50 Å². The Hall–Kier alpha value is -1.78. The third-order valence-electron chi connectivity index (χ3n) is 3.31. The van der Waals surface area contributed by atoms with Crippen LogP contribution < -0.4 is 9.47 Å². The van der Waals surface area contributed by atoms with Crippen LogP contribution in [0.25, 0.3) is 0 Å². The molecule has 0 aliphatic carbocycles. The minimum atomic E-state index is -1.18. The molecule has 1 unspecified atom stereocenters. The molecule has 0 aliphatic rings. The van der Waals surface area contributed by atoms with Gasteiger partial charge in [0.1, 0.15) is 11.9 Å². The van der Waals surface area contributed by atoms with Gasteiger partial charge < -0.3 is 14.6 Å². The SMILES string of the molecule is COc1cc(F)c(C(O)c2cccc(C)c2Cl)cc1OC. The molecule has 2 aromatic carbocycles. The van der Waals surface area contributed by atoms with E-state index in [4.69, 9.17) is 21.1 Å². The molecule has 1 N–H and O–H groups in total. The van der Waals surface area contributed by atoms with E-state index in [1.807, 2.05) is 13.0 Å². The summed E-state index contributed by atoms with van der Waals surface area (Å²) in [5.74, 6) is 0.0238. The van der Waals surface area contributed by atoms with Gasteiger partial charge in [0.05, 0.1) is 14.2 Å². The van der Waals surface area contributed by atoms with Crippen molar-refractivity contribution in [2.24, 2.45) is 0 Å². The highest BCUT2D eigenvalue weighted by atomic mass is 35.5.